The van der Waals surface area contributed by atoms with Gasteiger partial charge in [0, 0.05) is 29.2 Å². The summed E-state index contributed by atoms with van der Waals surface area (Å²) in [6, 6.07) is 5.21. The molecule has 0 aliphatic heterocycles. The molecule has 2 aromatic heterocycles. The maximum Gasteiger partial charge on any atom is 0.368 e. The fourth-order valence-electron chi connectivity index (χ4n) is 1.77. The molecule has 108 valence electrons. The van der Waals surface area contributed by atoms with E-state index in [1.807, 2.05) is 5.38 Å². The Labute approximate surface area is 128 Å². The summed E-state index contributed by atoms with van der Waals surface area (Å²) in [5, 5.41) is 10.4. The number of benzene rings is 1. The molecule has 0 unspecified atom stereocenters. The van der Waals surface area contributed by atoms with Gasteiger partial charge in [-0.15, -0.1) is 0 Å². The third-order valence-corrected chi connectivity index (χ3v) is 3.83. The van der Waals surface area contributed by atoms with Crippen molar-refractivity contribution in [2.75, 3.05) is 0 Å². The van der Waals surface area contributed by atoms with E-state index < -0.39 is 0 Å². The van der Waals surface area contributed by atoms with Gasteiger partial charge in [-0.3, -0.25) is 0 Å². The average molecular weight is 324 g/mol. The van der Waals surface area contributed by atoms with Crippen molar-refractivity contribution in [3.05, 3.63) is 50.8 Å². The molecule has 0 fully saturated rings. The van der Waals surface area contributed by atoms with Gasteiger partial charge in [0.15, 0.2) is 0 Å². The van der Waals surface area contributed by atoms with Crippen LogP contribution in [0.2, 0.25) is 5.02 Å². The van der Waals surface area contributed by atoms with Crippen molar-refractivity contribution in [2.45, 2.75) is 6.61 Å². The van der Waals surface area contributed by atoms with E-state index in [9.17, 15) is 4.79 Å². The van der Waals surface area contributed by atoms with E-state index in [1.54, 1.807) is 24.4 Å². The number of nitrogens with zero attached hydrogens (tertiary/aromatic N) is 5. The highest BCUT2D eigenvalue weighted by Crippen LogP contribution is 2.24. The van der Waals surface area contributed by atoms with E-state index in [-0.39, 0.29) is 12.3 Å². The third-order valence-electron chi connectivity index (χ3n) is 2.79. The predicted molar refractivity (Wildman–Crippen MR) is 78.1 cm³/mol. The fraction of sp³-hybridized carbons (Fsp3) is 0.167. The summed E-state index contributed by atoms with van der Waals surface area (Å²) in [6.45, 7) is 0.186. The van der Waals surface area contributed by atoms with Crippen LogP contribution >= 0.6 is 22.9 Å². The first-order valence-corrected chi connectivity index (χ1v) is 7.21. The monoisotopic (exact) mass is 323 g/mol. The van der Waals surface area contributed by atoms with Crippen LogP contribution in [0.4, 0.5) is 0 Å². The van der Waals surface area contributed by atoms with Crippen LogP contribution in [0.1, 0.15) is 5.56 Å². The molecule has 3 aromatic rings. The Morgan fingerprint density at radius 1 is 1.38 bits per heavy atom. The minimum atomic E-state index is -0.354. The minimum Gasteiger partial charge on any atom is -0.465 e. The van der Waals surface area contributed by atoms with Crippen molar-refractivity contribution >= 4 is 22.9 Å². The number of hydrogen-bond acceptors (Lipinski definition) is 6. The molecule has 2 heterocycles. The van der Waals surface area contributed by atoms with Gasteiger partial charge in [-0.2, -0.15) is 9.36 Å². The second kappa shape index (κ2) is 5.66. The van der Waals surface area contributed by atoms with Crippen molar-refractivity contribution in [1.29, 1.82) is 0 Å². The lowest BCUT2D eigenvalue weighted by Crippen LogP contribution is -2.23. The lowest BCUT2D eigenvalue weighted by atomic mass is 10.2. The molecule has 0 amide bonds. The summed E-state index contributed by atoms with van der Waals surface area (Å²) in [7, 11) is 1.53. The second-order valence-electron chi connectivity index (χ2n) is 4.12. The number of aromatic nitrogens is 5. The maximum absolute atomic E-state index is 12.0. The van der Waals surface area contributed by atoms with Crippen LogP contribution in [-0.2, 0) is 13.7 Å². The number of halogens is 1. The highest BCUT2D eigenvalue weighted by atomic mass is 35.5. The van der Waals surface area contributed by atoms with Gasteiger partial charge in [-0.1, -0.05) is 29.0 Å². The first kappa shape index (κ1) is 13.8. The quantitative estimate of drug-likeness (QED) is 0.730. The standard InChI is InChI=1S/C12H10ClN5O2S/c1-17-12(19)18(16-15-17)10-4-2-3-9(13)8(10)7-20-11-14-5-6-21-11/h2-6H,7H2,1H3. The van der Waals surface area contributed by atoms with Gasteiger partial charge in [-0.05, 0) is 22.6 Å². The van der Waals surface area contributed by atoms with E-state index in [0.29, 0.717) is 21.5 Å². The second-order valence-corrected chi connectivity index (χ2v) is 5.39. The zero-order valence-electron chi connectivity index (χ0n) is 10.9. The molecule has 0 N–H and O–H groups in total. The molecule has 3 rings (SSSR count). The summed E-state index contributed by atoms with van der Waals surface area (Å²) >= 11 is 7.59. The predicted octanol–water partition coefficient (Wildman–Crippen LogP) is 1.65. The van der Waals surface area contributed by atoms with Gasteiger partial charge in [0.05, 0.1) is 5.69 Å². The number of ether oxygens (including phenoxy) is 1. The van der Waals surface area contributed by atoms with Crippen molar-refractivity contribution in [3.63, 3.8) is 0 Å². The largest absolute Gasteiger partial charge is 0.465 e. The number of tetrazole rings is 1. The average Bonchev–Trinajstić information content (AvgIpc) is 3.09. The summed E-state index contributed by atoms with van der Waals surface area (Å²) in [4.78, 5) is 16.0. The highest BCUT2D eigenvalue weighted by molar-refractivity contribution is 7.11. The molecular formula is C12H10ClN5O2S. The molecular weight excluding hydrogens is 314 g/mol. The van der Waals surface area contributed by atoms with Gasteiger partial charge < -0.3 is 4.74 Å². The number of rotatable bonds is 4. The van der Waals surface area contributed by atoms with Crippen molar-refractivity contribution < 1.29 is 4.74 Å². The Morgan fingerprint density at radius 2 is 2.24 bits per heavy atom. The molecule has 0 atom stereocenters. The molecule has 9 heteroatoms. The Hall–Kier alpha value is -2.19. The lowest BCUT2D eigenvalue weighted by molar-refractivity contribution is 0.304. The van der Waals surface area contributed by atoms with Crippen LogP contribution in [0, 0.1) is 0 Å². The first-order chi connectivity index (χ1) is 10.2. The Kier molecular flexibility index (Phi) is 3.72. The van der Waals surface area contributed by atoms with Crippen LogP contribution in [0.5, 0.6) is 5.19 Å². The molecule has 0 radical (unpaired) electrons. The molecule has 0 spiro atoms. The molecule has 0 bridgehead atoms. The van der Waals surface area contributed by atoms with E-state index in [1.165, 1.54) is 23.1 Å². The zero-order valence-corrected chi connectivity index (χ0v) is 12.5. The molecule has 0 saturated carbocycles. The van der Waals surface area contributed by atoms with Gasteiger partial charge >= 0.3 is 5.69 Å². The van der Waals surface area contributed by atoms with Gasteiger partial charge in [0.2, 0.25) is 0 Å². The third kappa shape index (κ3) is 2.67. The maximum atomic E-state index is 12.0. The van der Waals surface area contributed by atoms with Crippen molar-refractivity contribution in [3.8, 4) is 10.9 Å². The Bertz CT molecular complexity index is 811. The molecule has 1 aromatic carbocycles. The highest BCUT2D eigenvalue weighted by Gasteiger charge is 2.14. The van der Waals surface area contributed by atoms with Gasteiger partial charge in [0.1, 0.15) is 6.61 Å². The van der Waals surface area contributed by atoms with E-state index in [0.717, 1.165) is 4.68 Å². The van der Waals surface area contributed by atoms with Crippen LogP contribution in [0.15, 0.2) is 34.6 Å². The fourth-order valence-corrected chi connectivity index (χ4v) is 2.48. The topological polar surface area (TPSA) is 74.8 Å². The smallest absolute Gasteiger partial charge is 0.368 e. The SMILES string of the molecule is Cn1nnn(-c2cccc(Cl)c2COc2nccs2)c1=O. The zero-order chi connectivity index (χ0) is 14.8. The minimum absolute atomic E-state index is 0.186. The lowest BCUT2D eigenvalue weighted by Gasteiger charge is -2.10. The summed E-state index contributed by atoms with van der Waals surface area (Å²) in [6.07, 6.45) is 1.65. The van der Waals surface area contributed by atoms with Crippen molar-refractivity contribution in [2.24, 2.45) is 7.05 Å². The normalized spacial score (nSPS) is 10.8. The molecule has 0 aliphatic rings. The van der Waals surface area contributed by atoms with Gasteiger partial charge in [-0.25, -0.2) is 9.78 Å². The van der Waals surface area contributed by atoms with Crippen LogP contribution in [0.25, 0.3) is 5.69 Å². The molecule has 0 aliphatic carbocycles. The molecule has 21 heavy (non-hydrogen) atoms. The summed E-state index contributed by atoms with van der Waals surface area (Å²) in [5.41, 5.74) is 0.835. The number of thiazole rings is 1. The van der Waals surface area contributed by atoms with Crippen LogP contribution in [-0.4, -0.2) is 24.8 Å². The van der Waals surface area contributed by atoms with E-state index in [4.69, 9.17) is 16.3 Å². The molecule has 0 saturated heterocycles. The number of hydrogen-bond donors (Lipinski definition) is 0. The Morgan fingerprint density at radius 3 is 2.90 bits per heavy atom. The van der Waals surface area contributed by atoms with Crippen molar-refractivity contribution in [1.82, 2.24) is 24.8 Å². The summed E-state index contributed by atoms with van der Waals surface area (Å²) < 4.78 is 7.91. The van der Waals surface area contributed by atoms with Crippen LogP contribution < -0.4 is 10.4 Å². The Balaban J connectivity index is 1.99. The summed E-state index contributed by atoms with van der Waals surface area (Å²) in [5.74, 6) is 0. The van der Waals surface area contributed by atoms with E-state index >= 15 is 0 Å². The first-order valence-electron chi connectivity index (χ1n) is 5.96. The molecule has 7 nitrogen and oxygen atoms in total. The number of aryl methyl sites for hydroxylation is 1. The van der Waals surface area contributed by atoms with Gasteiger partial charge in [0.25, 0.3) is 5.19 Å². The van der Waals surface area contributed by atoms with E-state index in [2.05, 4.69) is 15.4 Å². The van der Waals surface area contributed by atoms with Crippen LogP contribution in [0.3, 0.4) is 0 Å².